The van der Waals surface area contributed by atoms with Gasteiger partial charge in [0.25, 0.3) is 0 Å². The molecule has 0 aromatic heterocycles. The van der Waals surface area contributed by atoms with E-state index < -0.39 is 5.60 Å². The molecular formula is C14H26N2O3. The smallest absolute Gasteiger partial charge is 0.410 e. The maximum Gasteiger partial charge on any atom is 0.410 e. The van der Waals surface area contributed by atoms with Gasteiger partial charge in [0, 0.05) is 26.1 Å². The number of nitrogens with zero attached hydrogens (tertiary/aromatic N) is 1. The average Bonchev–Trinajstić information content (AvgIpc) is 3.07. The lowest BCUT2D eigenvalue weighted by Crippen LogP contribution is -2.39. The minimum atomic E-state index is -0.477. The molecule has 1 aliphatic rings. The first-order valence-electron chi connectivity index (χ1n) is 6.91. The largest absolute Gasteiger partial charge is 0.444 e. The Morgan fingerprint density at radius 3 is 2.42 bits per heavy atom. The molecule has 0 aromatic rings. The molecule has 1 rings (SSSR count). The van der Waals surface area contributed by atoms with Crippen molar-refractivity contribution < 1.29 is 14.3 Å². The number of hydrogen-bond acceptors (Lipinski definition) is 3. The number of rotatable bonds is 5. The number of hydrogen-bond donors (Lipinski definition) is 1. The molecule has 0 bridgehead atoms. The molecule has 1 atom stereocenters. The van der Waals surface area contributed by atoms with Crippen molar-refractivity contribution in [3.63, 3.8) is 0 Å². The van der Waals surface area contributed by atoms with Gasteiger partial charge in [-0.3, -0.25) is 4.79 Å². The molecule has 0 saturated heterocycles. The first-order valence-corrected chi connectivity index (χ1v) is 6.91. The third-order valence-electron chi connectivity index (χ3n) is 2.86. The number of carbonyl (C=O) groups is 2. The maximum atomic E-state index is 11.8. The van der Waals surface area contributed by atoms with Crippen LogP contribution >= 0.6 is 0 Å². The van der Waals surface area contributed by atoms with Gasteiger partial charge in [-0.1, -0.05) is 6.92 Å². The van der Waals surface area contributed by atoms with Crippen molar-refractivity contribution in [3.8, 4) is 0 Å². The zero-order valence-corrected chi connectivity index (χ0v) is 12.7. The van der Waals surface area contributed by atoms with Gasteiger partial charge < -0.3 is 15.0 Å². The standard InChI is InChI=1S/C14H26N2O3/c1-10(8-15-12(17)11-6-7-11)9-16(5)13(18)19-14(2,3)4/h10-11H,6-9H2,1-5H3,(H,15,17). The molecule has 0 spiro atoms. The van der Waals surface area contributed by atoms with E-state index in [9.17, 15) is 9.59 Å². The van der Waals surface area contributed by atoms with Crippen LogP contribution in [-0.4, -0.2) is 42.6 Å². The second-order valence-corrected chi connectivity index (χ2v) is 6.49. The van der Waals surface area contributed by atoms with Crippen LogP contribution < -0.4 is 5.32 Å². The Balaban J connectivity index is 2.24. The summed E-state index contributed by atoms with van der Waals surface area (Å²) >= 11 is 0. The van der Waals surface area contributed by atoms with E-state index in [1.807, 2.05) is 27.7 Å². The first kappa shape index (κ1) is 15.8. The minimum absolute atomic E-state index is 0.145. The average molecular weight is 270 g/mol. The predicted molar refractivity (Wildman–Crippen MR) is 73.8 cm³/mol. The topological polar surface area (TPSA) is 58.6 Å². The molecule has 0 heterocycles. The summed E-state index contributed by atoms with van der Waals surface area (Å²) in [6, 6.07) is 0. The molecular weight excluding hydrogens is 244 g/mol. The van der Waals surface area contributed by atoms with E-state index in [0.717, 1.165) is 12.8 Å². The Hall–Kier alpha value is -1.26. The Labute approximate surface area is 115 Å². The van der Waals surface area contributed by atoms with Gasteiger partial charge in [-0.05, 0) is 39.5 Å². The summed E-state index contributed by atoms with van der Waals surface area (Å²) in [4.78, 5) is 24.8. The van der Waals surface area contributed by atoms with Crippen LogP contribution in [0, 0.1) is 11.8 Å². The van der Waals surface area contributed by atoms with Crippen molar-refractivity contribution in [3.05, 3.63) is 0 Å². The molecule has 5 heteroatoms. The van der Waals surface area contributed by atoms with Crippen molar-refractivity contribution in [2.75, 3.05) is 20.1 Å². The summed E-state index contributed by atoms with van der Waals surface area (Å²) in [5, 5.41) is 2.92. The fraction of sp³-hybridized carbons (Fsp3) is 0.857. The molecule has 1 fully saturated rings. The molecule has 0 aliphatic heterocycles. The highest BCUT2D eigenvalue weighted by Gasteiger charge is 2.29. The molecule has 1 saturated carbocycles. The highest BCUT2D eigenvalue weighted by atomic mass is 16.6. The monoisotopic (exact) mass is 270 g/mol. The summed E-state index contributed by atoms with van der Waals surface area (Å²) in [7, 11) is 1.72. The highest BCUT2D eigenvalue weighted by Crippen LogP contribution is 2.28. The van der Waals surface area contributed by atoms with E-state index in [0.29, 0.717) is 13.1 Å². The molecule has 110 valence electrons. The van der Waals surface area contributed by atoms with E-state index in [4.69, 9.17) is 4.74 Å². The molecule has 1 N–H and O–H groups in total. The van der Waals surface area contributed by atoms with Crippen LogP contribution in [0.3, 0.4) is 0 Å². The van der Waals surface area contributed by atoms with Gasteiger partial charge in [0.15, 0.2) is 0 Å². The van der Waals surface area contributed by atoms with E-state index in [1.165, 1.54) is 0 Å². The number of ether oxygens (including phenoxy) is 1. The lowest BCUT2D eigenvalue weighted by atomic mass is 10.1. The Bertz CT molecular complexity index is 332. The van der Waals surface area contributed by atoms with E-state index in [2.05, 4.69) is 5.32 Å². The van der Waals surface area contributed by atoms with Crippen molar-refractivity contribution in [2.45, 2.75) is 46.1 Å². The van der Waals surface area contributed by atoms with Gasteiger partial charge in [-0.25, -0.2) is 4.79 Å². The predicted octanol–water partition coefficient (Wildman–Crippen LogP) is 2.02. The van der Waals surface area contributed by atoms with Gasteiger partial charge in [0.2, 0.25) is 5.91 Å². The van der Waals surface area contributed by atoms with Crippen molar-refractivity contribution in [1.82, 2.24) is 10.2 Å². The molecule has 19 heavy (non-hydrogen) atoms. The third-order valence-corrected chi connectivity index (χ3v) is 2.86. The fourth-order valence-electron chi connectivity index (χ4n) is 1.71. The summed E-state index contributed by atoms with van der Waals surface area (Å²) in [6.07, 6.45) is 1.70. The van der Waals surface area contributed by atoms with Gasteiger partial charge in [-0.15, -0.1) is 0 Å². The molecule has 0 aromatic carbocycles. The van der Waals surface area contributed by atoms with Gasteiger partial charge >= 0.3 is 6.09 Å². The van der Waals surface area contributed by atoms with Crippen LogP contribution in [0.4, 0.5) is 4.79 Å². The lowest BCUT2D eigenvalue weighted by Gasteiger charge is -2.26. The Kier molecular flexibility index (Phi) is 5.20. The lowest BCUT2D eigenvalue weighted by molar-refractivity contribution is -0.122. The van der Waals surface area contributed by atoms with Crippen molar-refractivity contribution in [2.24, 2.45) is 11.8 Å². The van der Waals surface area contributed by atoms with Crippen LogP contribution in [-0.2, 0) is 9.53 Å². The summed E-state index contributed by atoms with van der Waals surface area (Å²) < 4.78 is 5.27. The zero-order valence-electron chi connectivity index (χ0n) is 12.7. The van der Waals surface area contributed by atoms with E-state index in [1.54, 1.807) is 11.9 Å². The second-order valence-electron chi connectivity index (χ2n) is 6.49. The maximum absolute atomic E-state index is 11.8. The van der Waals surface area contributed by atoms with E-state index in [-0.39, 0.29) is 23.8 Å². The Morgan fingerprint density at radius 2 is 1.95 bits per heavy atom. The number of carbonyl (C=O) groups excluding carboxylic acids is 2. The van der Waals surface area contributed by atoms with Crippen LogP contribution in [0.25, 0.3) is 0 Å². The minimum Gasteiger partial charge on any atom is -0.444 e. The van der Waals surface area contributed by atoms with Crippen molar-refractivity contribution >= 4 is 12.0 Å². The van der Waals surface area contributed by atoms with Crippen LogP contribution in [0.1, 0.15) is 40.5 Å². The molecule has 0 radical (unpaired) electrons. The molecule has 2 amide bonds. The van der Waals surface area contributed by atoms with Crippen LogP contribution in [0.15, 0.2) is 0 Å². The zero-order chi connectivity index (χ0) is 14.6. The highest BCUT2D eigenvalue weighted by molar-refractivity contribution is 5.80. The fourth-order valence-corrected chi connectivity index (χ4v) is 1.71. The normalized spacial score (nSPS) is 16.7. The van der Waals surface area contributed by atoms with Crippen LogP contribution in [0.2, 0.25) is 0 Å². The molecule has 5 nitrogen and oxygen atoms in total. The molecule has 1 aliphatic carbocycles. The van der Waals surface area contributed by atoms with Gasteiger partial charge in [0.05, 0.1) is 0 Å². The Morgan fingerprint density at radius 1 is 1.37 bits per heavy atom. The van der Waals surface area contributed by atoms with Gasteiger partial charge in [0.1, 0.15) is 5.60 Å². The number of nitrogens with one attached hydrogen (secondary N) is 1. The number of amides is 2. The van der Waals surface area contributed by atoms with Gasteiger partial charge in [-0.2, -0.15) is 0 Å². The quantitative estimate of drug-likeness (QED) is 0.831. The van der Waals surface area contributed by atoms with Crippen LogP contribution in [0.5, 0.6) is 0 Å². The SMILES string of the molecule is CC(CNC(=O)C1CC1)CN(C)C(=O)OC(C)(C)C. The van der Waals surface area contributed by atoms with Crippen molar-refractivity contribution in [1.29, 1.82) is 0 Å². The molecule has 1 unspecified atom stereocenters. The second kappa shape index (κ2) is 6.26. The summed E-state index contributed by atoms with van der Waals surface area (Å²) in [6.45, 7) is 8.71. The van der Waals surface area contributed by atoms with E-state index >= 15 is 0 Å². The summed E-state index contributed by atoms with van der Waals surface area (Å²) in [5.74, 6) is 0.586. The first-order chi connectivity index (χ1) is 8.69. The summed E-state index contributed by atoms with van der Waals surface area (Å²) in [5.41, 5.74) is -0.477. The third kappa shape index (κ3) is 6.45.